The lowest BCUT2D eigenvalue weighted by Gasteiger charge is -2.05. The highest BCUT2D eigenvalue weighted by atomic mass is 31.2. The van der Waals surface area contributed by atoms with E-state index in [1.165, 1.54) is 51.4 Å². The summed E-state index contributed by atoms with van der Waals surface area (Å²) in [6.45, 7) is 0.765. The van der Waals surface area contributed by atoms with Crippen LogP contribution in [0.2, 0.25) is 0 Å². The molecule has 23 heavy (non-hydrogen) atoms. The molecule has 0 fully saturated rings. The summed E-state index contributed by atoms with van der Waals surface area (Å²) in [6.07, 6.45) is 16.6. The van der Waals surface area contributed by atoms with E-state index in [2.05, 4.69) is 9.52 Å². The molecule has 0 aromatic heterocycles. The first-order valence-corrected chi connectivity index (χ1v) is 10.3. The number of hydrogen-bond acceptors (Lipinski definition) is 4. The van der Waals surface area contributed by atoms with Gasteiger partial charge in [-0.3, -0.25) is 4.52 Å². The largest absolute Gasteiger partial charge is 0.469 e. The van der Waals surface area contributed by atoms with Gasteiger partial charge in [0, 0.05) is 0 Å². The van der Waals surface area contributed by atoms with E-state index in [1.807, 2.05) is 0 Å². The van der Waals surface area contributed by atoms with E-state index in [1.54, 1.807) is 6.08 Å². The first kappa shape index (κ1) is 22.5. The van der Waals surface area contributed by atoms with Crippen LogP contribution in [0, 0.1) is 0 Å². The Balaban J connectivity index is 3.05. The van der Waals surface area contributed by atoms with Crippen LogP contribution in [0.15, 0.2) is 4.99 Å². The molecular weight excluding hydrogens is 317 g/mol. The zero-order chi connectivity index (χ0) is 17.2. The highest BCUT2D eigenvalue weighted by Gasteiger charge is 2.12. The van der Waals surface area contributed by atoms with Crippen LogP contribution in [0.1, 0.15) is 83.5 Å². The van der Waals surface area contributed by atoms with Crippen LogP contribution in [0.3, 0.4) is 0 Å². The van der Waals surface area contributed by atoms with Crippen LogP contribution >= 0.6 is 7.82 Å². The molecule has 7 heteroatoms. The fourth-order valence-electron chi connectivity index (χ4n) is 2.47. The number of hydrogen-bond donors (Lipinski definition) is 2. The van der Waals surface area contributed by atoms with Crippen molar-refractivity contribution in [3.8, 4) is 0 Å². The summed E-state index contributed by atoms with van der Waals surface area (Å²) < 4.78 is 14.8. The Labute approximate surface area is 140 Å². The summed E-state index contributed by atoms with van der Waals surface area (Å²) in [5, 5.41) is 0. The second-order valence-corrected chi connectivity index (χ2v) is 7.13. The molecule has 0 aromatic rings. The summed E-state index contributed by atoms with van der Waals surface area (Å²) in [5.74, 6) is 0. The highest BCUT2D eigenvalue weighted by molar-refractivity contribution is 7.46. The molecule has 0 amide bonds. The van der Waals surface area contributed by atoms with Crippen molar-refractivity contribution in [2.75, 3.05) is 13.2 Å². The molecule has 0 rings (SSSR count). The number of nitrogens with zero attached hydrogens (tertiary/aromatic N) is 1. The van der Waals surface area contributed by atoms with Crippen molar-refractivity contribution in [2.24, 2.45) is 4.99 Å². The average Bonchev–Trinajstić information content (AvgIpc) is 2.49. The zero-order valence-electron chi connectivity index (χ0n) is 14.1. The molecule has 0 spiro atoms. The third kappa shape index (κ3) is 21.5. The summed E-state index contributed by atoms with van der Waals surface area (Å²) >= 11 is 0. The minimum absolute atomic E-state index is 0.145. The Kier molecular flexibility index (Phi) is 16.0. The molecule has 136 valence electrons. The maximum atomic E-state index is 10.4. The molecule has 0 aliphatic heterocycles. The summed E-state index contributed by atoms with van der Waals surface area (Å²) in [6, 6.07) is 0. The maximum Gasteiger partial charge on any atom is 0.469 e. The van der Waals surface area contributed by atoms with Crippen LogP contribution in [0.25, 0.3) is 0 Å². The molecule has 0 bridgehead atoms. The van der Waals surface area contributed by atoms with Gasteiger partial charge in [-0.2, -0.15) is 0 Å². The number of isocyanates is 1. The van der Waals surface area contributed by atoms with E-state index in [0.29, 0.717) is 13.0 Å². The maximum absolute atomic E-state index is 10.4. The number of phosphoric acid groups is 1. The minimum Gasteiger partial charge on any atom is -0.303 e. The van der Waals surface area contributed by atoms with Gasteiger partial charge in [0.25, 0.3) is 0 Å². The third-order valence-corrected chi connectivity index (χ3v) is 4.26. The van der Waals surface area contributed by atoms with Crippen LogP contribution < -0.4 is 0 Å². The monoisotopic (exact) mass is 349 g/mol. The predicted molar refractivity (Wildman–Crippen MR) is 91.0 cm³/mol. The van der Waals surface area contributed by atoms with Crippen LogP contribution in [0.5, 0.6) is 0 Å². The van der Waals surface area contributed by atoms with Crippen LogP contribution in [-0.4, -0.2) is 29.0 Å². The third-order valence-electron chi connectivity index (χ3n) is 3.74. The molecule has 6 nitrogen and oxygen atoms in total. The number of phosphoric ester groups is 1. The molecule has 0 saturated heterocycles. The van der Waals surface area contributed by atoms with Crippen molar-refractivity contribution in [3.63, 3.8) is 0 Å². The van der Waals surface area contributed by atoms with Gasteiger partial charge in [-0.15, -0.1) is 0 Å². The first-order chi connectivity index (χ1) is 11.1. The van der Waals surface area contributed by atoms with Gasteiger partial charge in [0.2, 0.25) is 6.08 Å². The van der Waals surface area contributed by atoms with E-state index >= 15 is 0 Å². The minimum atomic E-state index is -4.28. The Bertz CT molecular complexity index is 352. The molecule has 0 saturated carbocycles. The SMILES string of the molecule is O=C=NCCCCCCCCCCCCCCCOP(=O)(O)O. The number of unbranched alkanes of at least 4 members (excludes halogenated alkanes) is 12. The smallest absolute Gasteiger partial charge is 0.303 e. The van der Waals surface area contributed by atoms with E-state index in [-0.39, 0.29) is 6.61 Å². The normalized spacial score (nSPS) is 11.4. The second kappa shape index (κ2) is 16.4. The van der Waals surface area contributed by atoms with Gasteiger partial charge in [0.15, 0.2) is 0 Å². The summed E-state index contributed by atoms with van der Waals surface area (Å²) in [4.78, 5) is 30.4. The molecule has 0 unspecified atom stereocenters. The highest BCUT2D eigenvalue weighted by Crippen LogP contribution is 2.35. The number of rotatable bonds is 17. The molecule has 0 radical (unpaired) electrons. The topological polar surface area (TPSA) is 96.2 Å². The summed E-state index contributed by atoms with van der Waals surface area (Å²) in [5.41, 5.74) is 0. The average molecular weight is 349 g/mol. The fraction of sp³-hybridized carbons (Fsp3) is 0.938. The van der Waals surface area contributed by atoms with E-state index in [0.717, 1.165) is 25.7 Å². The first-order valence-electron chi connectivity index (χ1n) is 8.80. The lowest BCUT2D eigenvalue weighted by atomic mass is 10.0. The second-order valence-electron chi connectivity index (χ2n) is 5.89. The quantitative estimate of drug-likeness (QED) is 0.174. The standard InChI is InChI=1S/C16H32NO5P/c18-16-17-14-12-10-8-6-4-2-1-3-5-7-9-11-13-15-22-23(19,20)21/h1-15H2,(H2,19,20,21). The van der Waals surface area contributed by atoms with Crippen molar-refractivity contribution in [2.45, 2.75) is 83.5 Å². The van der Waals surface area contributed by atoms with Crippen molar-refractivity contribution >= 4 is 13.9 Å². The van der Waals surface area contributed by atoms with E-state index in [4.69, 9.17) is 9.79 Å². The van der Waals surface area contributed by atoms with Crippen molar-refractivity contribution in [3.05, 3.63) is 0 Å². The molecule has 0 aromatic carbocycles. The Morgan fingerprint density at radius 1 is 0.739 bits per heavy atom. The molecule has 0 heterocycles. The van der Waals surface area contributed by atoms with Crippen molar-refractivity contribution in [1.29, 1.82) is 0 Å². The lowest BCUT2D eigenvalue weighted by Crippen LogP contribution is -1.92. The van der Waals surface area contributed by atoms with Gasteiger partial charge in [-0.05, 0) is 12.8 Å². The molecule has 0 aliphatic carbocycles. The Morgan fingerprint density at radius 2 is 1.13 bits per heavy atom. The van der Waals surface area contributed by atoms with Crippen LogP contribution in [-0.2, 0) is 13.9 Å². The summed E-state index contributed by atoms with van der Waals surface area (Å²) in [7, 11) is -4.28. The molecule has 0 aliphatic rings. The zero-order valence-corrected chi connectivity index (χ0v) is 15.0. The molecule has 0 atom stereocenters. The Morgan fingerprint density at radius 3 is 1.52 bits per heavy atom. The number of carbonyl (C=O) groups excluding carboxylic acids is 1. The molecule has 2 N–H and O–H groups in total. The van der Waals surface area contributed by atoms with Crippen molar-refractivity contribution in [1.82, 2.24) is 0 Å². The lowest BCUT2D eigenvalue weighted by molar-refractivity contribution is 0.193. The van der Waals surface area contributed by atoms with E-state index < -0.39 is 7.82 Å². The van der Waals surface area contributed by atoms with Gasteiger partial charge in [-0.25, -0.2) is 14.4 Å². The van der Waals surface area contributed by atoms with Gasteiger partial charge < -0.3 is 9.79 Å². The Hall–Kier alpha value is -0.510. The van der Waals surface area contributed by atoms with Gasteiger partial charge in [0.1, 0.15) is 0 Å². The fourth-order valence-corrected chi connectivity index (χ4v) is 2.83. The van der Waals surface area contributed by atoms with Gasteiger partial charge in [0.05, 0.1) is 13.2 Å². The number of aliphatic imine (C=N–C) groups is 1. The van der Waals surface area contributed by atoms with Gasteiger partial charge in [-0.1, -0.05) is 70.6 Å². The van der Waals surface area contributed by atoms with Gasteiger partial charge >= 0.3 is 7.82 Å². The van der Waals surface area contributed by atoms with Crippen LogP contribution in [0.4, 0.5) is 0 Å². The van der Waals surface area contributed by atoms with E-state index in [9.17, 15) is 9.36 Å². The van der Waals surface area contributed by atoms with Crippen molar-refractivity contribution < 1.29 is 23.7 Å². The predicted octanol–water partition coefficient (Wildman–Crippen LogP) is 4.50. The molecular formula is C16H32NO5P.